The second kappa shape index (κ2) is 5.94. The minimum atomic E-state index is -0.493. The van der Waals surface area contributed by atoms with Gasteiger partial charge in [0.05, 0.1) is 12.1 Å². The van der Waals surface area contributed by atoms with Crippen LogP contribution in [0.4, 0.5) is 0 Å². The Balaban J connectivity index is 3.70. The summed E-state index contributed by atoms with van der Waals surface area (Å²) in [5, 5.41) is 12.0. The van der Waals surface area contributed by atoms with Crippen LogP contribution >= 0.6 is 0 Å². The second-order valence-corrected chi connectivity index (χ2v) is 3.57. The number of hydrogen-bond donors (Lipinski definition) is 3. The maximum Gasteiger partial charge on any atom is 0.236 e. The summed E-state index contributed by atoms with van der Waals surface area (Å²) in [4.78, 5) is 11.2. The van der Waals surface area contributed by atoms with Gasteiger partial charge in [-0.25, -0.2) is 0 Å². The van der Waals surface area contributed by atoms with E-state index < -0.39 is 12.1 Å². The zero-order chi connectivity index (χ0) is 10.4. The molecule has 0 rings (SSSR count). The fraction of sp³-hybridized carbons (Fsp3) is 0.889. The molecule has 13 heavy (non-hydrogen) atoms. The van der Waals surface area contributed by atoms with Gasteiger partial charge in [-0.15, -0.1) is 0 Å². The largest absolute Gasteiger partial charge is 0.391 e. The fourth-order valence-electron chi connectivity index (χ4n) is 0.757. The third-order valence-corrected chi connectivity index (χ3v) is 2.03. The standard InChI is InChI=1S/C9H20N2O2/c1-4-7(10)9(13)11-5-8(12)6(2)3/h6-8,12H,4-5,10H2,1-3H3,(H,11,13)/t7-,8?/m1/s1. The van der Waals surface area contributed by atoms with Crippen molar-refractivity contribution in [2.75, 3.05) is 6.54 Å². The summed E-state index contributed by atoms with van der Waals surface area (Å²) >= 11 is 0. The van der Waals surface area contributed by atoms with E-state index in [0.717, 1.165) is 0 Å². The van der Waals surface area contributed by atoms with E-state index in [-0.39, 0.29) is 18.4 Å². The van der Waals surface area contributed by atoms with Gasteiger partial charge in [0.1, 0.15) is 0 Å². The highest BCUT2D eigenvalue weighted by atomic mass is 16.3. The lowest BCUT2D eigenvalue weighted by Crippen LogP contribution is -2.43. The predicted octanol–water partition coefficient (Wildman–Crippen LogP) is -0.143. The molecule has 0 saturated heterocycles. The quantitative estimate of drug-likeness (QED) is 0.562. The summed E-state index contributed by atoms with van der Waals surface area (Å²) in [5.41, 5.74) is 5.49. The van der Waals surface area contributed by atoms with Crippen LogP contribution in [-0.4, -0.2) is 29.7 Å². The maximum absolute atomic E-state index is 11.2. The van der Waals surface area contributed by atoms with Crippen molar-refractivity contribution in [1.29, 1.82) is 0 Å². The second-order valence-electron chi connectivity index (χ2n) is 3.57. The molecule has 0 aromatic rings. The van der Waals surface area contributed by atoms with E-state index >= 15 is 0 Å². The molecule has 0 aromatic heterocycles. The first-order valence-electron chi connectivity index (χ1n) is 4.70. The minimum Gasteiger partial charge on any atom is -0.391 e. The van der Waals surface area contributed by atoms with Crippen LogP contribution in [0.15, 0.2) is 0 Å². The number of nitrogens with two attached hydrogens (primary N) is 1. The van der Waals surface area contributed by atoms with Gasteiger partial charge in [0.15, 0.2) is 0 Å². The predicted molar refractivity (Wildman–Crippen MR) is 52.1 cm³/mol. The smallest absolute Gasteiger partial charge is 0.236 e. The number of carbonyl (C=O) groups excluding carboxylic acids is 1. The topological polar surface area (TPSA) is 75.4 Å². The molecule has 4 N–H and O–H groups in total. The van der Waals surface area contributed by atoms with Crippen LogP contribution in [0.5, 0.6) is 0 Å². The third-order valence-electron chi connectivity index (χ3n) is 2.03. The number of aliphatic hydroxyl groups is 1. The summed E-state index contributed by atoms with van der Waals surface area (Å²) in [6, 6.07) is -0.459. The summed E-state index contributed by atoms with van der Waals surface area (Å²) in [6.45, 7) is 5.93. The molecule has 0 saturated carbocycles. The summed E-state index contributed by atoms with van der Waals surface area (Å²) < 4.78 is 0. The molecular weight excluding hydrogens is 168 g/mol. The lowest BCUT2D eigenvalue weighted by atomic mass is 10.1. The molecule has 4 heteroatoms. The summed E-state index contributed by atoms with van der Waals surface area (Å²) in [6.07, 6.45) is 0.122. The van der Waals surface area contributed by atoms with Crippen LogP contribution in [0.25, 0.3) is 0 Å². The zero-order valence-electron chi connectivity index (χ0n) is 8.58. The Morgan fingerprint density at radius 3 is 2.46 bits per heavy atom. The number of nitrogens with one attached hydrogen (secondary N) is 1. The number of rotatable bonds is 5. The van der Waals surface area contributed by atoms with E-state index in [1.807, 2.05) is 20.8 Å². The molecule has 0 heterocycles. The van der Waals surface area contributed by atoms with Gasteiger partial charge in [0.25, 0.3) is 0 Å². The molecule has 4 nitrogen and oxygen atoms in total. The van der Waals surface area contributed by atoms with E-state index in [4.69, 9.17) is 5.73 Å². The van der Waals surface area contributed by atoms with E-state index in [9.17, 15) is 9.90 Å². The van der Waals surface area contributed by atoms with Crippen LogP contribution in [0.3, 0.4) is 0 Å². The maximum atomic E-state index is 11.2. The van der Waals surface area contributed by atoms with Gasteiger partial charge < -0.3 is 16.2 Å². The van der Waals surface area contributed by atoms with E-state index in [0.29, 0.717) is 6.42 Å². The molecule has 0 bridgehead atoms. The van der Waals surface area contributed by atoms with Crippen LogP contribution in [-0.2, 0) is 4.79 Å². The normalized spacial score (nSPS) is 15.5. The van der Waals surface area contributed by atoms with Crippen molar-refractivity contribution in [3.63, 3.8) is 0 Å². The Kier molecular flexibility index (Phi) is 5.66. The van der Waals surface area contributed by atoms with Crippen LogP contribution in [0.1, 0.15) is 27.2 Å². The van der Waals surface area contributed by atoms with Gasteiger partial charge in [-0.3, -0.25) is 4.79 Å². The number of aliphatic hydroxyl groups excluding tert-OH is 1. The van der Waals surface area contributed by atoms with Crippen molar-refractivity contribution < 1.29 is 9.90 Å². The van der Waals surface area contributed by atoms with E-state index in [2.05, 4.69) is 5.32 Å². The zero-order valence-corrected chi connectivity index (χ0v) is 8.58. The Morgan fingerprint density at radius 1 is 1.54 bits per heavy atom. The van der Waals surface area contributed by atoms with Gasteiger partial charge >= 0.3 is 0 Å². The van der Waals surface area contributed by atoms with Crippen molar-refractivity contribution in [1.82, 2.24) is 5.32 Å². The highest BCUT2D eigenvalue weighted by molar-refractivity contribution is 5.81. The fourth-order valence-corrected chi connectivity index (χ4v) is 0.757. The molecule has 0 aromatic carbocycles. The van der Waals surface area contributed by atoms with E-state index in [1.165, 1.54) is 0 Å². The summed E-state index contributed by atoms with van der Waals surface area (Å²) in [5.74, 6) is -0.0413. The summed E-state index contributed by atoms with van der Waals surface area (Å²) in [7, 11) is 0. The molecule has 2 atom stereocenters. The third kappa shape index (κ3) is 4.85. The minimum absolute atomic E-state index is 0.151. The molecule has 0 radical (unpaired) electrons. The number of carbonyl (C=O) groups is 1. The molecule has 0 aliphatic heterocycles. The number of hydrogen-bond acceptors (Lipinski definition) is 3. The van der Waals surface area contributed by atoms with Crippen molar-refractivity contribution in [2.24, 2.45) is 11.7 Å². The Bertz CT molecular complexity index is 160. The highest BCUT2D eigenvalue weighted by Crippen LogP contribution is 1.98. The molecular formula is C9H20N2O2. The molecule has 0 spiro atoms. The lowest BCUT2D eigenvalue weighted by Gasteiger charge is -2.16. The molecule has 1 amide bonds. The van der Waals surface area contributed by atoms with Gasteiger partial charge in [0, 0.05) is 6.54 Å². The van der Waals surface area contributed by atoms with Crippen LogP contribution in [0, 0.1) is 5.92 Å². The van der Waals surface area contributed by atoms with Crippen molar-refractivity contribution in [2.45, 2.75) is 39.3 Å². The van der Waals surface area contributed by atoms with E-state index in [1.54, 1.807) is 0 Å². The molecule has 0 fully saturated rings. The monoisotopic (exact) mass is 188 g/mol. The van der Waals surface area contributed by atoms with Gasteiger partial charge in [-0.1, -0.05) is 20.8 Å². The van der Waals surface area contributed by atoms with Gasteiger partial charge in [-0.2, -0.15) is 0 Å². The van der Waals surface area contributed by atoms with Crippen LogP contribution in [0.2, 0.25) is 0 Å². The van der Waals surface area contributed by atoms with Gasteiger partial charge in [-0.05, 0) is 12.3 Å². The van der Waals surface area contributed by atoms with Gasteiger partial charge in [0.2, 0.25) is 5.91 Å². The first-order chi connectivity index (χ1) is 5.99. The first kappa shape index (κ1) is 12.4. The molecule has 78 valence electrons. The average Bonchev–Trinajstić information content (AvgIpc) is 2.11. The Labute approximate surface area is 79.5 Å². The molecule has 1 unspecified atom stereocenters. The van der Waals surface area contributed by atoms with Crippen molar-refractivity contribution >= 4 is 5.91 Å². The lowest BCUT2D eigenvalue weighted by molar-refractivity contribution is -0.123. The molecule has 0 aliphatic rings. The van der Waals surface area contributed by atoms with Crippen molar-refractivity contribution in [3.8, 4) is 0 Å². The SMILES string of the molecule is CC[C@@H](N)C(=O)NCC(O)C(C)C. The van der Waals surface area contributed by atoms with Crippen LogP contribution < -0.4 is 11.1 Å². The Morgan fingerprint density at radius 2 is 2.08 bits per heavy atom. The first-order valence-corrected chi connectivity index (χ1v) is 4.70. The average molecular weight is 188 g/mol. The number of amides is 1. The van der Waals surface area contributed by atoms with Crippen molar-refractivity contribution in [3.05, 3.63) is 0 Å². The molecule has 0 aliphatic carbocycles. The highest BCUT2D eigenvalue weighted by Gasteiger charge is 2.14. The Hall–Kier alpha value is -0.610.